The summed E-state index contributed by atoms with van der Waals surface area (Å²) in [6, 6.07) is 7.78. The zero-order chi connectivity index (χ0) is 19.8. The van der Waals surface area contributed by atoms with Gasteiger partial charge in [0.1, 0.15) is 6.61 Å². The number of amides is 1. The van der Waals surface area contributed by atoms with Crippen LogP contribution in [0.3, 0.4) is 0 Å². The van der Waals surface area contributed by atoms with Crippen molar-refractivity contribution in [1.29, 1.82) is 0 Å². The van der Waals surface area contributed by atoms with E-state index in [0.717, 1.165) is 6.42 Å². The van der Waals surface area contributed by atoms with Gasteiger partial charge in [-0.3, -0.25) is 9.59 Å². The van der Waals surface area contributed by atoms with Gasteiger partial charge in [0.05, 0.1) is 17.9 Å². The summed E-state index contributed by atoms with van der Waals surface area (Å²) >= 11 is 0. The lowest BCUT2D eigenvalue weighted by Crippen LogP contribution is -2.13. The van der Waals surface area contributed by atoms with Crippen LogP contribution in [0, 0.1) is 5.92 Å². The van der Waals surface area contributed by atoms with Crippen molar-refractivity contribution in [3.63, 3.8) is 0 Å². The van der Waals surface area contributed by atoms with Crippen molar-refractivity contribution >= 4 is 17.6 Å². The molecule has 0 fully saturated rings. The second-order valence-electron chi connectivity index (χ2n) is 6.56. The van der Waals surface area contributed by atoms with Crippen LogP contribution in [0.4, 0.5) is 5.69 Å². The molecule has 7 nitrogen and oxygen atoms in total. The predicted molar refractivity (Wildman–Crippen MR) is 102 cm³/mol. The van der Waals surface area contributed by atoms with Gasteiger partial charge in [0.25, 0.3) is 0 Å². The van der Waals surface area contributed by atoms with Gasteiger partial charge in [-0.25, -0.2) is 4.79 Å². The standard InChI is InChI=1S/C20H24N2O5/c1-13(2)7-8-26-19-11-21-17(10-18(19)24)12-27-20(25)15-5-4-6-16(9-15)22-14(3)23/h4-6,9-11,13H,7-8,12H2,1-3H3,(H,21,24)(H,22,23). The molecule has 0 saturated heterocycles. The van der Waals surface area contributed by atoms with Crippen LogP contribution in [0.2, 0.25) is 0 Å². The van der Waals surface area contributed by atoms with E-state index in [0.29, 0.717) is 29.5 Å². The first-order chi connectivity index (χ1) is 12.8. The van der Waals surface area contributed by atoms with Crippen LogP contribution in [-0.4, -0.2) is 23.5 Å². The summed E-state index contributed by atoms with van der Waals surface area (Å²) in [5, 5.41) is 2.60. The van der Waals surface area contributed by atoms with Crippen LogP contribution < -0.4 is 15.5 Å². The highest BCUT2D eigenvalue weighted by atomic mass is 16.5. The summed E-state index contributed by atoms with van der Waals surface area (Å²) < 4.78 is 10.7. The largest absolute Gasteiger partial charge is 0.488 e. The molecule has 2 rings (SSSR count). The van der Waals surface area contributed by atoms with Gasteiger partial charge in [-0.2, -0.15) is 0 Å². The first-order valence-electron chi connectivity index (χ1n) is 8.74. The van der Waals surface area contributed by atoms with E-state index in [1.165, 1.54) is 25.3 Å². The lowest BCUT2D eigenvalue weighted by molar-refractivity contribution is -0.114. The highest BCUT2D eigenvalue weighted by molar-refractivity contribution is 5.93. The van der Waals surface area contributed by atoms with Crippen LogP contribution in [0.15, 0.2) is 41.3 Å². The Morgan fingerprint density at radius 3 is 2.67 bits per heavy atom. The van der Waals surface area contributed by atoms with Gasteiger partial charge in [-0.1, -0.05) is 19.9 Å². The second-order valence-corrected chi connectivity index (χ2v) is 6.56. The molecular formula is C20H24N2O5. The Morgan fingerprint density at radius 2 is 2.00 bits per heavy atom. The number of nitrogens with one attached hydrogen (secondary N) is 2. The fourth-order valence-corrected chi connectivity index (χ4v) is 2.25. The number of ether oxygens (including phenoxy) is 2. The Balaban J connectivity index is 1.94. The average molecular weight is 372 g/mol. The smallest absolute Gasteiger partial charge is 0.338 e. The van der Waals surface area contributed by atoms with Gasteiger partial charge in [0.2, 0.25) is 11.3 Å². The van der Waals surface area contributed by atoms with Crippen molar-refractivity contribution in [3.05, 3.63) is 58.0 Å². The number of anilines is 1. The quantitative estimate of drug-likeness (QED) is 0.694. The molecule has 0 aliphatic heterocycles. The molecule has 1 amide bonds. The van der Waals surface area contributed by atoms with Gasteiger partial charge in [0, 0.05) is 24.9 Å². The maximum absolute atomic E-state index is 12.2. The third-order valence-corrected chi connectivity index (χ3v) is 3.67. The van der Waals surface area contributed by atoms with Crippen LogP contribution in [0.5, 0.6) is 5.75 Å². The van der Waals surface area contributed by atoms with Gasteiger partial charge in [0.15, 0.2) is 5.75 Å². The topological polar surface area (TPSA) is 97.5 Å². The molecule has 7 heteroatoms. The minimum atomic E-state index is -0.555. The number of carbonyl (C=O) groups excluding carboxylic acids is 2. The fourth-order valence-electron chi connectivity index (χ4n) is 2.25. The Bertz CT molecular complexity index is 857. The molecule has 0 aliphatic rings. The number of aromatic nitrogens is 1. The normalized spacial score (nSPS) is 10.5. The molecule has 27 heavy (non-hydrogen) atoms. The summed E-state index contributed by atoms with van der Waals surface area (Å²) in [7, 11) is 0. The van der Waals surface area contributed by atoms with E-state index < -0.39 is 5.97 Å². The number of H-pyrrole nitrogens is 1. The number of benzene rings is 1. The van der Waals surface area contributed by atoms with Crippen LogP contribution in [-0.2, 0) is 16.1 Å². The highest BCUT2D eigenvalue weighted by Crippen LogP contribution is 2.13. The first-order valence-corrected chi connectivity index (χ1v) is 8.74. The molecule has 144 valence electrons. The van der Waals surface area contributed by atoms with Gasteiger partial charge >= 0.3 is 5.97 Å². The summed E-state index contributed by atoms with van der Waals surface area (Å²) in [6.07, 6.45) is 2.33. The van der Waals surface area contributed by atoms with E-state index in [1.807, 2.05) is 0 Å². The SMILES string of the molecule is CC(=O)Nc1cccc(C(=O)OCc2cc(=O)c(OCCC(C)C)c[nH]2)c1. The lowest BCUT2D eigenvalue weighted by atomic mass is 10.1. The molecule has 0 saturated carbocycles. The molecule has 0 radical (unpaired) electrons. The number of carbonyl (C=O) groups is 2. The first kappa shape index (κ1) is 20.2. The van der Waals surface area contributed by atoms with Gasteiger partial charge in [-0.15, -0.1) is 0 Å². The van der Waals surface area contributed by atoms with E-state index in [9.17, 15) is 14.4 Å². The molecule has 1 aromatic heterocycles. The van der Waals surface area contributed by atoms with E-state index in [4.69, 9.17) is 9.47 Å². The summed E-state index contributed by atoms with van der Waals surface area (Å²) in [5.74, 6) is -0.0465. The summed E-state index contributed by atoms with van der Waals surface area (Å²) in [4.78, 5) is 38.2. The Hall–Kier alpha value is -3.09. The molecule has 1 aromatic carbocycles. The van der Waals surface area contributed by atoms with E-state index in [1.54, 1.807) is 18.2 Å². The molecule has 2 N–H and O–H groups in total. The van der Waals surface area contributed by atoms with Crippen molar-refractivity contribution < 1.29 is 19.1 Å². The number of hydrogen-bond donors (Lipinski definition) is 2. The van der Waals surface area contributed by atoms with Crippen molar-refractivity contribution in [2.75, 3.05) is 11.9 Å². The number of esters is 1. The second kappa shape index (κ2) is 9.56. The third kappa shape index (κ3) is 6.62. The minimum absolute atomic E-state index is 0.0787. The average Bonchev–Trinajstić information content (AvgIpc) is 2.60. The zero-order valence-corrected chi connectivity index (χ0v) is 15.7. The monoisotopic (exact) mass is 372 g/mol. The Kier molecular flexibility index (Phi) is 7.16. The predicted octanol–water partition coefficient (Wildman–Crippen LogP) is 3.12. The maximum Gasteiger partial charge on any atom is 0.338 e. The van der Waals surface area contributed by atoms with Crippen molar-refractivity contribution in [2.24, 2.45) is 5.92 Å². The number of hydrogen-bond acceptors (Lipinski definition) is 5. The molecule has 0 spiro atoms. The highest BCUT2D eigenvalue weighted by Gasteiger charge is 2.10. The van der Waals surface area contributed by atoms with Crippen molar-refractivity contribution in [3.8, 4) is 5.75 Å². The fraction of sp³-hybridized carbons (Fsp3) is 0.350. The zero-order valence-electron chi connectivity index (χ0n) is 15.7. The Morgan fingerprint density at radius 1 is 1.22 bits per heavy atom. The van der Waals surface area contributed by atoms with Crippen LogP contribution in [0.25, 0.3) is 0 Å². The van der Waals surface area contributed by atoms with Crippen molar-refractivity contribution in [2.45, 2.75) is 33.8 Å². The molecule has 2 aromatic rings. The third-order valence-electron chi connectivity index (χ3n) is 3.67. The van der Waals surface area contributed by atoms with Crippen LogP contribution in [0.1, 0.15) is 43.2 Å². The van der Waals surface area contributed by atoms with Crippen molar-refractivity contribution in [1.82, 2.24) is 4.98 Å². The molecule has 0 unspecified atom stereocenters. The Labute approximate surface area is 157 Å². The van der Waals surface area contributed by atoms with E-state index >= 15 is 0 Å². The van der Waals surface area contributed by atoms with E-state index in [-0.39, 0.29) is 23.7 Å². The molecule has 0 atom stereocenters. The summed E-state index contributed by atoms with van der Waals surface area (Å²) in [6.45, 7) is 5.94. The molecule has 0 bridgehead atoms. The van der Waals surface area contributed by atoms with Gasteiger partial charge in [-0.05, 0) is 30.5 Å². The molecule has 1 heterocycles. The molecule has 0 aliphatic carbocycles. The number of pyridine rings is 1. The molecular weight excluding hydrogens is 348 g/mol. The lowest BCUT2D eigenvalue weighted by Gasteiger charge is -2.09. The number of rotatable bonds is 8. The van der Waals surface area contributed by atoms with E-state index in [2.05, 4.69) is 24.1 Å². The van der Waals surface area contributed by atoms with Crippen LogP contribution >= 0.6 is 0 Å². The van der Waals surface area contributed by atoms with Gasteiger partial charge < -0.3 is 19.8 Å². The maximum atomic E-state index is 12.2. The number of aromatic amines is 1. The summed E-state index contributed by atoms with van der Waals surface area (Å²) in [5.41, 5.74) is 1.00. The minimum Gasteiger partial charge on any atom is -0.488 e.